The molecular formula is C9H11IO2S. The molecule has 1 atom stereocenters. The summed E-state index contributed by atoms with van der Waals surface area (Å²) in [6.45, 7) is -0.00300. The summed E-state index contributed by atoms with van der Waals surface area (Å²) in [4.78, 5) is 0. The lowest BCUT2D eigenvalue weighted by atomic mass is 10.2. The van der Waals surface area contributed by atoms with Crippen molar-refractivity contribution >= 4 is 33.4 Å². The predicted molar refractivity (Wildman–Crippen MR) is 63.0 cm³/mol. The summed E-state index contributed by atoms with van der Waals surface area (Å²) in [7, 11) is -0.930. The topological polar surface area (TPSA) is 37.3 Å². The molecule has 1 aromatic rings. The molecule has 0 spiro atoms. The fourth-order valence-corrected chi connectivity index (χ4v) is 2.21. The van der Waals surface area contributed by atoms with E-state index in [1.54, 1.807) is 0 Å². The lowest BCUT2D eigenvalue weighted by Crippen LogP contribution is -2.04. The van der Waals surface area contributed by atoms with Crippen molar-refractivity contribution in [1.82, 2.24) is 0 Å². The lowest BCUT2D eigenvalue weighted by Gasteiger charge is -2.00. The zero-order chi connectivity index (χ0) is 9.68. The first-order valence-corrected chi connectivity index (χ1v) is 6.49. The molecule has 0 saturated carbocycles. The number of aliphatic hydroxyl groups is 1. The molecule has 1 aromatic carbocycles. The highest BCUT2D eigenvalue weighted by Crippen LogP contribution is 2.08. The van der Waals surface area contributed by atoms with Crippen LogP contribution < -0.4 is 0 Å². The van der Waals surface area contributed by atoms with E-state index in [1.165, 1.54) is 3.57 Å². The Hall–Kier alpha value is 0.0600. The highest BCUT2D eigenvalue weighted by atomic mass is 127. The largest absolute Gasteiger partial charge is 0.395 e. The quantitative estimate of drug-likeness (QED) is 0.857. The third-order valence-electron chi connectivity index (χ3n) is 1.56. The Kier molecular flexibility index (Phi) is 4.90. The second-order valence-electron chi connectivity index (χ2n) is 2.64. The van der Waals surface area contributed by atoms with Crippen LogP contribution >= 0.6 is 22.6 Å². The van der Waals surface area contributed by atoms with Crippen molar-refractivity contribution in [3.05, 3.63) is 33.4 Å². The highest BCUT2D eigenvalue weighted by Gasteiger charge is 2.00. The Labute approximate surface area is 94.0 Å². The number of rotatable bonds is 4. The third-order valence-corrected chi connectivity index (χ3v) is 3.57. The summed E-state index contributed by atoms with van der Waals surface area (Å²) >= 11 is 2.23. The molecule has 1 N–H and O–H groups in total. The van der Waals surface area contributed by atoms with E-state index in [2.05, 4.69) is 22.6 Å². The molecule has 13 heavy (non-hydrogen) atoms. The minimum absolute atomic E-state index is 0.00300. The van der Waals surface area contributed by atoms with Gasteiger partial charge in [0.15, 0.2) is 0 Å². The lowest BCUT2D eigenvalue weighted by molar-refractivity contribution is 0.321. The van der Waals surface area contributed by atoms with Gasteiger partial charge in [-0.15, -0.1) is 0 Å². The normalized spacial score (nSPS) is 12.8. The Morgan fingerprint density at radius 2 is 1.92 bits per heavy atom. The van der Waals surface area contributed by atoms with Crippen molar-refractivity contribution in [3.8, 4) is 0 Å². The van der Waals surface area contributed by atoms with E-state index in [0.717, 1.165) is 5.56 Å². The monoisotopic (exact) mass is 310 g/mol. The maximum Gasteiger partial charge on any atom is 0.0546 e. The van der Waals surface area contributed by atoms with Crippen LogP contribution in [0.3, 0.4) is 0 Å². The minimum atomic E-state index is -0.930. The average Bonchev–Trinajstić information content (AvgIpc) is 2.09. The van der Waals surface area contributed by atoms with Crippen LogP contribution in [-0.4, -0.2) is 21.7 Å². The van der Waals surface area contributed by atoms with E-state index in [-0.39, 0.29) is 6.61 Å². The first-order chi connectivity index (χ1) is 6.22. The summed E-state index contributed by atoms with van der Waals surface area (Å²) < 4.78 is 12.4. The Morgan fingerprint density at radius 3 is 2.46 bits per heavy atom. The van der Waals surface area contributed by atoms with Crippen LogP contribution in [0.4, 0.5) is 0 Å². The molecule has 0 fully saturated rings. The molecule has 0 heterocycles. The van der Waals surface area contributed by atoms with Crippen molar-refractivity contribution in [1.29, 1.82) is 0 Å². The van der Waals surface area contributed by atoms with E-state index in [0.29, 0.717) is 11.5 Å². The van der Waals surface area contributed by atoms with Gasteiger partial charge in [0.1, 0.15) is 0 Å². The molecule has 0 radical (unpaired) electrons. The maximum atomic E-state index is 11.2. The fraction of sp³-hybridized carbons (Fsp3) is 0.333. The molecule has 2 nitrogen and oxygen atoms in total. The van der Waals surface area contributed by atoms with Crippen LogP contribution in [-0.2, 0) is 16.6 Å². The maximum absolute atomic E-state index is 11.2. The molecule has 0 aliphatic heterocycles. The molecule has 72 valence electrons. The minimum Gasteiger partial charge on any atom is -0.395 e. The van der Waals surface area contributed by atoms with E-state index in [1.807, 2.05) is 24.3 Å². The number of benzene rings is 1. The molecular weight excluding hydrogens is 299 g/mol. The van der Waals surface area contributed by atoms with Gasteiger partial charge >= 0.3 is 0 Å². The van der Waals surface area contributed by atoms with Crippen molar-refractivity contribution in [2.75, 3.05) is 12.4 Å². The first-order valence-electron chi connectivity index (χ1n) is 3.92. The van der Waals surface area contributed by atoms with Gasteiger partial charge < -0.3 is 5.11 Å². The van der Waals surface area contributed by atoms with E-state index in [4.69, 9.17) is 5.11 Å². The van der Waals surface area contributed by atoms with Crippen LogP contribution in [0.15, 0.2) is 24.3 Å². The summed E-state index contributed by atoms with van der Waals surface area (Å²) in [6.07, 6.45) is 0. The van der Waals surface area contributed by atoms with Gasteiger partial charge in [0.05, 0.1) is 6.61 Å². The number of aliphatic hydroxyl groups excluding tert-OH is 1. The zero-order valence-corrected chi connectivity index (χ0v) is 10.0. The summed E-state index contributed by atoms with van der Waals surface area (Å²) in [5.74, 6) is 0.906. The number of halogens is 1. The number of hydrogen-bond donors (Lipinski definition) is 1. The van der Waals surface area contributed by atoms with Gasteiger partial charge in [0, 0.05) is 25.9 Å². The van der Waals surface area contributed by atoms with E-state index >= 15 is 0 Å². The van der Waals surface area contributed by atoms with Crippen molar-refractivity contribution in [3.63, 3.8) is 0 Å². The molecule has 0 unspecified atom stereocenters. The molecule has 0 aliphatic carbocycles. The van der Waals surface area contributed by atoms with Crippen LogP contribution in [0, 0.1) is 3.57 Å². The van der Waals surface area contributed by atoms with Crippen LogP contribution in [0.2, 0.25) is 0 Å². The van der Waals surface area contributed by atoms with E-state index in [9.17, 15) is 4.21 Å². The van der Waals surface area contributed by atoms with Gasteiger partial charge in [-0.05, 0) is 40.3 Å². The van der Waals surface area contributed by atoms with Gasteiger partial charge in [-0.25, -0.2) is 0 Å². The zero-order valence-electron chi connectivity index (χ0n) is 7.07. The fourth-order valence-electron chi connectivity index (χ4n) is 0.941. The Morgan fingerprint density at radius 1 is 1.31 bits per heavy atom. The van der Waals surface area contributed by atoms with Gasteiger partial charge in [0.2, 0.25) is 0 Å². The standard InChI is InChI=1S/C9H11IO2S/c10-9-3-1-8(2-4-9)7-13(12)6-5-11/h1-4,11H,5-7H2/t13-/m0/s1. The third kappa shape index (κ3) is 4.19. The molecule has 0 aromatic heterocycles. The predicted octanol–water partition coefficient (Wildman–Crippen LogP) is 1.53. The number of hydrogen-bond acceptors (Lipinski definition) is 2. The smallest absolute Gasteiger partial charge is 0.0546 e. The van der Waals surface area contributed by atoms with Crippen molar-refractivity contribution in [2.45, 2.75) is 5.75 Å². The van der Waals surface area contributed by atoms with E-state index < -0.39 is 10.8 Å². The Balaban J connectivity index is 2.54. The second kappa shape index (κ2) is 5.72. The van der Waals surface area contributed by atoms with Gasteiger partial charge in [-0.3, -0.25) is 4.21 Å². The molecule has 4 heteroatoms. The molecule has 0 aliphatic rings. The SMILES string of the molecule is O=[S@@](CCO)Cc1ccc(I)cc1. The highest BCUT2D eigenvalue weighted by molar-refractivity contribution is 14.1. The molecule has 0 amide bonds. The second-order valence-corrected chi connectivity index (χ2v) is 5.46. The van der Waals surface area contributed by atoms with Gasteiger partial charge in [-0.1, -0.05) is 12.1 Å². The van der Waals surface area contributed by atoms with Crippen LogP contribution in [0.5, 0.6) is 0 Å². The van der Waals surface area contributed by atoms with Crippen molar-refractivity contribution in [2.24, 2.45) is 0 Å². The summed E-state index contributed by atoms with van der Waals surface area (Å²) in [5, 5.41) is 8.56. The van der Waals surface area contributed by atoms with Gasteiger partial charge in [0.25, 0.3) is 0 Å². The molecule has 0 bridgehead atoms. The van der Waals surface area contributed by atoms with Gasteiger partial charge in [-0.2, -0.15) is 0 Å². The molecule has 1 rings (SSSR count). The van der Waals surface area contributed by atoms with Crippen LogP contribution in [0.25, 0.3) is 0 Å². The van der Waals surface area contributed by atoms with Crippen LogP contribution in [0.1, 0.15) is 5.56 Å². The first kappa shape index (κ1) is 11.1. The summed E-state index contributed by atoms with van der Waals surface area (Å²) in [5.41, 5.74) is 1.06. The molecule has 0 saturated heterocycles. The van der Waals surface area contributed by atoms with Crippen molar-refractivity contribution < 1.29 is 9.32 Å². The average molecular weight is 310 g/mol. The summed E-state index contributed by atoms with van der Waals surface area (Å²) in [6, 6.07) is 7.92. The Bertz CT molecular complexity index is 284.